The highest BCUT2D eigenvalue weighted by molar-refractivity contribution is 5.95. The summed E-state index contributed by atoms with van der Waals surface area (Å²) in [6.45, 7) is 0. The molecule has 0 saturated carbocycles. The van der Waals surface area contributed by atoms with E-state index in [1.165, 1.54) is 18.7 Å². The number of rotatable bonds is 4. The lowest BCUT2D eigenvalue weighted by Crippen LogP contribution is -2.34. The maximum absolute atomic E-state index is 12.3. The number of hydrogen-bond acceptors (Lipinski definition) is 6. The third-order valence-electron chi connectivity index (χ3n) is 3.94. The third kappa shape index (κ3) is 3.03. The van der Waals surface area contributed by atoms with Gasteiger partial charge in [0.2, 0.25) is 0 Å². The lowest BCUT2D eigenvalue weighted by Gasteiger charge is -2.15. The SMILES string of the molecule is NC(NC(=O)c1cncnc1)c1cc2ccccc2c(-c2ccco2)n1. The highest BCUT2D eigenvalue weighted by Gasteiger charge is 2.17. The summed E-state index contributed by atoms with van der Waals surface area (Å²) >= 11 is 0. The van der Waals surface area contributed by atoms with E-state index in [2.05, 4.69) is 20.3 Å². The number of fused-ring (bicyclic) bond motifs is 1. The van der Waals surface area contributed by atoms with Crippen molar-refractivity contribution in [3.8, 4) is 11.5 Å². The first-order valence-corrected chi connectivity index (χ1v) is 7.97. The van der Waals surface area contributed by atoms with E-state index in [0.29, 0.717) is 22.7 Å². The van der Waals surface area contributed by atoms with Crippen LogP contribution >= 0.6 is 0 Å². The number of furan rings is 1. The van der Waals surface area contributed by atoms with Gasteiger partial charge in [0.1, 0.15) is 18.2 Å². The number of pyridine rings is 1. The Morgan fingerprint density at radius 2 is 1.92 bits per heavy atom. The molecule has 1 aromatic carbocycles. The van der Waals surface area contributed by atoms with Gasteiger partial charge in [-0.25, -0.2) is 15.0 Å². The smallest absolute Gasteiger partial charge is 0.255 e. The van der Waals surface area contributed by atoms with Crippen molar-refractivity contribution in [2.24, 2.45) is 5.73 Å². The van der Waals surface area contributed by atoms with E-state index >= 15 is 0 Å². The molecule has 26 heavy (non-hydrogen) atoms. The monoisotopic (exact) mass is 345 g/mol. The van der Waals surface area contributed by atoms with Crippen LogP contribution in [0.15, 0.2) is 71.9 Å². The Morgan fingerprint density at radius 1 is 1.12 bits per heavy atom. The second-order valence-electron chi connectivity index (χ2n) is 5.67. The van der Waals surface area contributed by atoms with Crippen LogP contribution < -0.4 is 11.1 Å². The Kier molecular flexibility index (Phi) is 4.12. The van der Waals surface area contributed by atoms with Crippen molar-refractivity contribution < 1.29 is 9.21 Å². The zero-order chi connectivity index (χ0) is 17.9. The van der Waals surface area contributed by atoms with E-state index in [-0.39, 0.29) is 5.91 Å². The van der Waals surface area contributed by atoms with E-state index < -0.39 is 6.17 Å². The van der Waals surface area contributed by atoms with Crippen molar-refractivity contribution in [2.75, 3.05) is 0 Å². The molecule has 3 aromatic heterocycles. The second kappa shape index (κ2) is 6.73. The fourth-order valence-electron chi connectivity index (χ4n) is 2.69. The predicted molar refractivity (Wildman–Crippen MR) is 95.9 cm³/mol. The number of nitrogens with one attached hydrogen (secondary N) is 1. The number of benzene rings is 1. The van der Waals surface area contributed by atoms with Crippen LogP contribution in [0.5, 0.6) is 0 Å². The summed E-state index contributed by atoms with van der Waals surface area (Å²) in [5, 5.41) is 4.62. The van der Waals surface area contributed by atoms with E-state index in [1.54, 1.807) is 12.3 Å². The van der Waals surface area contributed by atoms with Gasteiger partial charge >= 0.3 is 0 Å². The second-order valence-corrected chi connectivity index (χ2v) is 5.67. The van der Waals surface area contributed by atoms with Gasteiger partial charge in [-0.1, -0.05) is 24.3 Å². The average Bonchev–Trinajstić information content (AvgIpc) is 3.22. The topological polar surface area (TPSA) is 107 Å². The summed E-state index contributed by atoms with van der Waals surface area (Å²) in [5.74, 6) is 0.269. The van der Waals surface area contributed by atoms with Crippen LogP contribution in [0.2, 0.25) is 0 Å². The molecule has 0 spiro atoms. The molecule has 0 bridgehead atoms. The maximum Gasteiger partial charge on any atom is 0.255 e. The van der Waals surface area contributed by atoms with Crippen molar-refractivity contribution in [1.29, 1.82) is 0 Å². The van der Waals surface area contributed by atoms with Gasteiger partial charge in [-0.15, -0.1) is 0 Å². The molecular formula is C19H15N5O2. The van der Waals surface area contributed by atoms with Gasteiger partial charge in [0.05, 0.1) is 17.5 Å². The molecule has 1 amide bonds. The number of carbonyl (C=O) groups is 1. The first kappa shape index (κ1) is 15.9. The fraction of sp³-hybridized carbons (Fsp3) is 0.0526. The predicted octanol–water partition coefficient (Wildman–Crippen LogP) is 2.67. The van der Waals surface area contributed by atoms with Crippen molar-refractivity contribution >= 4 is 16.7 Å². The van der Waals surface area contributed by atoms with Crippen LogP contribution in [0.25, 0.3) is 22.2 Å². The summed E-state index contributed by atoms with van der Waals surface area (Å²) in [4.78, 5) is 24.6. The van der Waals surface area contributed by atoms with Gasteiger partial charge in [0.25, 0.3) is 5.91 Å². The van der Waals surface area contributed by atoms with Crippen LogP contribution in [0.1, 0.15) is 22.2 Å². The molecule has 0 aliphatic rings. The van der Waals surface area contributed by atoms with Crippen LogP contribution in [-0.2, 0) is 0 Å². The molecule has 7 heteroatoms. The largest absolute Gasteiger partial charge is 0.463 e. The van der Waals surface area contributed by atoms with Crippen LogP contribution in [0.4, 0.5) is 0 Å². The van der Waals surface area contributed by atoms with Gasteiger partial charge in [-0.2, -0.15) is 0 Å². The molecule has 0 aliphatic heterocycles. The molecule has 0 aliphatic carbocycles. The van der Waals surface area contributed by atoms with Crippen molar-refractivity contribution in [2.45, 2.75) is 6.17 Å². The summed E-state index contributed by atoms with van der Waals surface area (Å²) in [6.07, 6.45) is 5.02. The molecular weight excluding hydrogens is 330 g/mol. The van der Waals surface area contributed by atoms with Crippen LogP contribution in [0.3, 0.4) is 0 Å². The molecule has 4 rings (SSSR count). The molecule has 1 atom stereocenters. The van der Waals surface area contributed by atoms with Gasteiger partial charge < -0.3 is 15.5 Å². The molecule has 1 unspecified atom stereocenters. The quantitative estimate of drug-likeness (QED) is 0.551. The summed E-state index contributed by atoms with van der Waals surface area (Å²) < 4.78 is 5.51. The zero-order valence-corrected chi connectivity index (χ0v) is 13.7. The molecule has 0 saturated heterocycles. The highest BCUT2D eigenvalue weighted by atomic mass is 16.3. The van der Waals surface area contributed by atoms with E-state index in [0.717, 1.165) is 10.8 Å². The Bertz CT molecular complexity index is 1050. The maximum atomic E-state index is 12.3. The fourth-order valence-corrected chi connectivity index (χ4v) is 2.69. The van der Waals surface area contributed by atoms with E-state index in [1.807, 2.05) is 36.4 Å². The summed E-state index contributed by atoms with van der Waals surface area (Å²) in [5.41, 5.74) is 7.71. The summed E-state index contributed by atoms with van der Waals surface area (Å²) in [6, 6.07) is 13.3. The molecule has 0 fully saturated rings. The molecule has 3 heterocycles. The van der Waals surface area contributed by atoms with Crippen molar-refractivity contribution in [1.82, 2.24) is 20.3 Å². The molecule has 0 radical (unpaired) electrons. The number of nitrogens with zero attached hydrogens (tertiary/aromatic N) is 3. The Balaban J connectivity index is 1.71. The summed E-state index contributed by atoms with van der Waals surface area (Å²) in [7, 11) is 0. The third-order valence-corrected chi connectivity index (χ3v) is 3.94. The van der Waals surface area contributed by atoms with E-state index in [9.17, 15) is 4.79 Å². The first-order chi connectivity index (χ1) is 12.7. The van der Waals surface area contributed by atoms with Crippen LogP contribution in [0, 0.1) is 0 Å². The number of aromatic nitrogens is 3. The van der Waals surface area contributed by atoms with Gasteiger partial charge in [-0.3, -0.25) is 4.79 Å². The first-order valence-electron chi connectivity index (χ1n) is 7.97. The van der Waals surface area contributed by atoms with Crippen molar-refractivity contribution in [3.63, 3.8) is 0 Å². The van der Waals surface area contributed by atoms with Crippen molar-refractivity contribution in [3.05, 3.63) is 78.7 Å². The van der Waals surface area contributed by atoms with Gasteiger partial charge in [0.15, 0.2) is 5.76 Å². The molecule has 7 nitrogen and oxygen atoms in total. The zero-order valence-electron chi connectivity index (χ0n) is 13.7. The van der Waals surface area contributed by atoms with Gasteiger partial charge in [0, 0.05) is 17.8 Å². The van der Waals surface area contributed by atoms with E-state index in [4.69, 9.17) is 10.2 Å². The number of nitrogens with two attached hydrogens (primary N) is 1. The Morgan fingerprint density at radius 3 is 2.69 bits per heavy atom. The lowest BCUT2D eigenvalue weighted by atomic mass is 10.1. The Labute approximate surface area is 148 Å². The lowest BCUT2D eigenvalue weighted by molar-refractivity contribution is 0.0936. The molecule has 128 valence electrons. The average molecular weight is 345 g/mol. The number of hydrogen-bond donors (Lipinski definition) is 2. The minimum atomic E-state index is -0.791. The van der Waals surface area contributed by atoms with Gasteiger partial charge in [-0.05, 0) is 23.6 Å². The Hall–Kier alpha value is -3.58. The minimum absolute atomic E-state index is 0.329. The molecule has 4 aromatic rings. The highest BCUT2D eigenvalue weighted by Crippen LogP contribution is 2.28. The number of amides is 1. The number of carbonyl (C=O) groups excluding carboxylic acids is 1. The minimum Gasteiger partial charge on any atom is -0.463 e. The standard InChI is InChI=1S/C19H15N5O2/c20-18(24-19(25)13-9-21-11-22-10-13)15-8-12-4-1-2-5-14(12)17(23-15)16-6-3-7-26-16/h1-11,18H,20H2,(H,24,25). The van der Waals surface area contributed by atoms with Crippen LogP contribution in [-0.4, -0.2) is 20.9 Å². The normalized spacial score (nSPS) is 12.0. The molecule has 3 N–H and O–H groups in total.